The highest BCUT2D eigenvalue weighted by atomic mass is 19.1. The van der Waals surface area contributed by atoms with Gasteiger partial charge in [0.2, 0.25) is 0 Å². The van der Waals surface area contributed by atoms with Gasteiger partial charge >= 0.3 is 6.09 Å². The maximum Gasteiger partial charge on any atom is 0.408 e. The van der Waals surface area contributed by atoms with Gasteiger partial charge in [-0.2, -0.15) is 0 Å². The standard InChI is InChI=1S/C35H36F2N8O4/c1-3-48-26-9-7-21(8-10-26)16-42-35(47)49-20(2)22-11-12-38-30(13-22)34(46)44-25-6-4-5-24(15-25)43-33-29(37)19-41-32(45-33)28-18-40-31-27(28)14-23(36)17-39-31/h7-14,17-20,24-25H,3-6,15-16H2,1-2H3,(H,39,40)(H,42,47)(H,44,46)(H,41,43,45)/t20?,24-,25+/m1/s1. The average molecular weight is 671 g/mol. The number of aromatic amines is 1. The minimum absolute atomic E-state index is 0.0209. The second-order valence-electron chi connectivity index (χ2n) is 11.8. The Hall–Kier alpha value is -5.66. The molecule has 1 saturated carbocycles. The molecule has 5 aromatic rings. The molecule has 4 aromatic heterocycles. The summed E-state index contributed by atoms with van der Waals surface area (Å²) in [5.74, 6) is -0.498. The Balaban J connectivity index is 1.03. The van der Waals surface area contributed by atoms with Gasteiger partial charge in [0.15, 0.2) is 17.5 Å². The van der Waals surface area contributed by atoms with E-state index in [9.17, 15) is 18.4 Å². The van der Waals surface area contributed by atoms with E-state index in [0.29, 0.717) is 35.2 Å². The minimum atomic E-state index is -0.634. The van der Waals surface area contributed by atoms with E-state index >= 15 is 0 Å². The maximum absolute atomic E-state index is 14.8. The Morgan fingerprint density at radius 1 is 1.04 bits per heavy atom. The van der Waals surface area contributed by atoms with E-state index in [4.69, 9.17) is 9.47 Å². The number of alkyl carbamates (subject to hydrolysis) is 1. The third-order valence-corrected chi connectivity index (χ3v) is 8.27. The topological polar surface area (TPSA) is 156 Å². The fourth-order valence-electron chi connectivity index (χ4n) is 5.80. The molecule has 3 atom stereocenters. The number of rotatable bonds is 11. The van der Waals surface area contributed by atoms with Crippen LogP contribution in [-0.2, 0) is 11.3 Å². The first-order valence-electron chi connectivity index (χ1n) is 16.1. The summed E-state index contributed by atoms with van der Waals surface area (Å²) >= 11 is 0. The van der Waals surface area contributed by atoms with E-state index in [1.807, 2.05) is 31.2 Å². The second-order valence-corrected chi connectivity index (χ2v) is 11.8. The Labute approximate surface area is 281 Å². The molecule has 0 aliphatic heterocycles. The highest BCUT2D eigenvalue weighted by Gasteiger charge is 2.26. The first-order chi connectivity index (χ1) is 23.7. The first kappa shape index (κ1) is 33.2. The number of aromatic nitrogens is 5. The van der Waals surface area contributed by atoms with Crippen LogP contribution in [0.2, 0.25) is 0 Å². The van der Waals surface area contributed by atoms with Crippen molar-refractivity contribution in [3.05, 3.63) is 95.7 Å². The summed E-state index contributed by atoms with van der Waals surface area (Å²) < 4.78 is 39.7. The third-order valence-electron chi connectivity index (χ3n) is 8.27. The van der Waals surface area contributed by atoms with Gasteiger partial charge in [0.25, 0.3) is 5.91 Å². The zero-order chi connectivity index (χ0) is 34.3. The van der Waals surface area contributed by atoms with E-state index in [1.54, 1.807) is 25.3 Å². The van der Waals surface area contributed by atoms with Crippen LogP contribution >= 0.6 is 0 Å². The van der Waals surface area contributed by atoms with Crippen molar-refractivity contribution in [1.82, 2.24) is 35.6 Å². The van der Waals surface area contributed by atoms with Crippen LogP contribution in [0.3, 0.4) is 0 Å². The van der Waals surface area contributed by atoms with Crippen molar-refractivity contribution in [2.24, 2.45) is 0 Å². The van der Waals surface area contributed by atoms with Gasteiger partial charge in [-0.3, -0.25) is 9.78 Å². The lowest BCUT2D eigenvalue weighted by molar-refractivity contribution is 0.0920. The minimum Gasteiger partial charge on any atom is -0.494 e. The van der Waals surface area contributed by atoms with Crippen LogP contribution in [0.4, 0.5) is 19.4 Å². The molecule has 0 saturated heterocycles. The Morgan fingerprint density at radius 3 is 2.67 bits per heavy atom. The summed E-state index contributed by atoms with van der Waals surface area (Å²) in [5, 5.41) is 9.43. The molecule has 0 radical (unpaired) electrons. The van der Waals surface area contributed by atoms with Crippen molar-refractivity contribution in [2.45, 2.75) is 64.3 Å². The van der Waals surface area contributed by atoms with Crippen LogP contribution in [0.5, 0.6) is 5.75 Å². The van der Waals surface area contributed by atoms with E-state index in [0.717, 1.165) is 43.0 Å². The number of anilines is 1. The normalized spacial score (nSPS) is 16.5. The zero-order valence-corrected chi connectivity index (χ0v) is 27.0. The number of carbonyl (C=O) groups excluding carboxylic acids is 2. The summed E-state index contributed by atoms with van der Waals surface area (Å²) in [6.07, 6.45) is 6.87. The number of H-pyrrole nitrogens is 1. The number of halogens is 2. The van der Waals surface area contributed by atoms with Crippen molar-refractivity contribution in [1.29, 1.82) is 0 Å². The fraction of sp³-hybridized carbons (Fsp3) is 0.314. The molecule has 254 valence electrons. The molecular weight excluding hydrogens is 634 g/mol. The molecule has 0 bridgehead atoms. The molecule has 49 heavy (non-hydrogen) atoms. The number of hydrogen-bond donors (Lipinski definition) is 4. The van der Waals surface area contributed by atoms with Crippen LogP contribution in [0.15, 0.2) is 67.3 Å². The SMILES string of the molecule is CCOc1ccc(CNC(=O)OC(C)c2ccnc(C(=O)N[C@H]3CCC[C@@H](Nc4nc(-c5c[nH]c6ncc(F)cc56)ncc4F)C3)c2)cc1. The lowest BCUT2D eigenvalue weighted by Crippen LogP contribution is -2.42. The van der Waals surface area contributed by atoms with E-state index in [2.05, 4.69) is 40.9 Å². The van der Waals surface area contributed by atoms with Crippen molar-refractivity contribution < 1.29 is 27.8 Å². The highest BCUT2D eigenvalue weighted by molar-refractivity contribution is 5.93. The quantitative estimate of drug-likeness (QED) is 0.128. The fourth-order valence-corrected chi connectivity index (χ4v) is 5.80. The highest BCUT2D eigenvalue weighted by Crippen LogP contribution is 2.28. The van der Waals surface area contributed by atoms with Crippen molar-refractivity contribution >= 4 is 28.9 Å². The van der Waals surface area contributed by atoms with Gasteiger partial charge in [-0.05, 0) is 81.0 Å². The molecule has 4 N–H and O–H groups in total. The molecular formula is C35H36F2N8O4. The summed E-state index contributed by atoms with van der Waals surface area (Å²) in [5.41, 5.74) is 2.66. The summed E-state index contributed by atoms with van der Waals surface area (Å²) in [6.45, 7) is 4.49. The van der Waals surface area contributed by atoms with Crippen molar-refractivity contribution in [3.8, 4) is 17.1 Å². The zero-order valence-electron chi connectivity index (χ0n) is 27.0. The largest absolute Gasteiger partial charge is 0.494 e. The second kappa shape index (κ2) is 15.0. The lowest BCUT2D eigenvalue weighted by Gasteiger charge is -2.30. The molecule has 4 heterocycles. The number of nitrogens with one attached hydrogen (secondary N) is 4. The Morgan fingerprint density at radius 2 is 1.86 bits per heavy atom. The predicted molar refractivity (Wildman–Crippen MR) is 178 cm³/mol. The number of pyridine rings is 2. The number of amides is 2. The molecule has 1 fully saturated rings. The number of nitrogens with zero attached hydrogens (tertiary/aromatic N) is 4. The first-order valence-corrected chi connectivity index (χ1v) is 16.1. The number of ether oxygens (including phenoxy) is 2. The third kappa shape index (κ3) is 8.26. The van der Waals surface area contributed by atoms with Gasteiger partial charge in [-0.25, -0.2) is 28.5 Å². The van der Waals surface area contributed by atoms with Crippen LogP contribution in [0, 0.1) is 11.6 Å². The van der Waals surface area contributed by atoms with Gasteiger partial charge in [0.05, 0.1) is 19.0 Å². The smallest absolute Gasteiger partial charge is 0.408 e. The predicted octanol–water partition coefficient (Wildman–Crippen LogP) is 6.23. The molecule has 1 aromatic carbocycles. The van der Waals surface area contributed by atoms with Crippen LogP contribution in [-0.4, -0.2) is 55.6 Å². The number of carbonyl (C=O) groups is 2. The molecule has 1 aliphatic rings. The Bertz CT molecular complexity index is 1940. The summed E-state index contributed by atoms with van der Waals surface area (Å²) in [7, 11) is 0. The summed E-state index contributed by atoms with van der Waals surface area (Å²) in [4.78, 5) is 45.4. The molecule has 14 heteroatoms. The lowest BCUT2D eigenvalue weighted by atomic mass is 9.90. The van der Waals surface area contributed by atoms with Crippen LogP contribution < -0.4 is 20.7 Å². The van der Waals surface area contributed by atoms with E-state index in [-0.39, 0.29) is 41.9 Å². The number of fused-ring (bicyclic) bond motifs is 1. The van der Waals surface area contributed by atoms with E-state index < -0.39 is 23.8 Å². The number of benzene rings is 1. The van der Waals surface area contributed by atoms with Gasteiger partial charge in [0.1, 0.15) is 29.0 Å². The summed E-state index contributed by atoms with van der Waals surface area (Å²) in [6, 6.07) is 11.7. The van der Waals surface area contributed by atoms with Crippen LogP contribution in [0.25, 0.3) is 22.4 Å². The van der Waals surface area contributed by atoms with E-state index in [1.165, 1.54) is 12.3 Å². The molecule has 12 nitrogen and oxygen atoms in total. The monoisotopic (exact) mass is 670 g/mol. The van der Waals surface area contributed by atoms with Crippen LogP contribution in [0.1, 0.15) is 67.3 Å². The van der Waals surface area contributed by atoms with Gasteiger partial charge < -0.3 is 30.4 Å². The average Bonchev–Trinajstić information content (AvgIpc) is 3.52. The number of hydrogen-bond acceptors (Lipinski definition) is 9. The van der Waals surface area contributed by atoms with Crippen molar-refractivity contribution in [2.75, 3.05) is 11.9 Å². The molecule has 1 unspecified atom stereocenters. The Kier molecular flexibility index (Phi) is 10.2. The molecule has 2 amide bonds. The van der Waals surface area contributed by atoms with Gasteiger partial charge in [-0.1, -0.05) is 12.1 Å². The van der Waals surface area contributed by atoms with Crippen molar-refractivity contribution in [3.63, 3.8) is 0 Å². The maximum atomic E-state index is 14.8. The van der Waals surface area contributed by atoms with Gasteiger partial charge in [0, 0.05) is 42.0 Å². The molecule has 1 aliphatic carbocycles. The molecule has 6 rings (SSSR count). The molecule has 0 spiro atoms. The van der Waals surface area contributed by atoms with Gasteiger partial charge in [-0.15, -0.1) is 0 Å².